The summed E-state index contributed by atoms with van der Waals surface area (Å²) in [5, 5.41) is 10.3. The van der Waals surface area contributed by atoms with E-state index in [1.54, 1.807) is 19.2 Å². The first-order valence-corrected chi connectivity index (χ1v) is 6.26. The van der Waals surface area contributed by atoms with E-state index in [-0.39, 0.29) is 5.52 Å². The lowest BCUT2D eigenvalue weighted by Gasteiger charge is -2.09. The van der Waals surface area contributed by atoms with Crippen LogP contribution in [0, 0.1) is 5.82 Å². The van der Waals surface area contributed by atoms with Gasteiger partial charge in [-0.1, -0.05) is 11.6 Å². The summed E-state index contributed by atoms with van der Waals surface area (Å²) in [6.45, 7) is 1.69. The number of pyridine rings is 1. The fraction of sp³-hybridized carbons (Fsp3) is 0.250. The van der Waals surface area contributed by atoms with Crippen LogP contribution in [0.1, 0.15) is 12.5 Å². The molecule has 5 heteroatoms. The van der Waals surface area contributed by atoms with Crippen molar-refractivity contribution in [1.29, 1.82) is 0 Å². The molecule has 1 heterocycles. The highest BCUT2D eigenvalue weighted by molar-refractivity contribution is 9.10. The predicted octanol–water partition coefficient (Wildman–Crippen LogP) is 3.71. The average molecular weight is 319 g/mol. The lowest BCUT2D eigenvalue weighted by molar-refractivity contribution is 0.195. The molecule has 2 rings (SSSR count). The smallest absolute Gasteiger partial charge is 0.150 e. The number of benzene rings is 1. The third kappa shape index (κ3) is 2.59. The SMILES string of the molecule is CC(O)Cc1cnc2c(F)cc(Cl)cc2c1Br. The van der Waals surface area contributed by atoms with Gasteiger partial charge in [0.25, 0.3) is 0 Å². The molecule has 0 saturated heterocycles. The van der Waals surface area contributed by atoms with Crippen LogP contribution in [0.2, 0.25) is 5.02 Å². The Kier molecular flexibility index (Phi) is 3.66. The molecule has 2 nitrogen and oxygen atoms in total. The molecule has 1 N–H and O–H groups in total. The van der Waals surface area contributed by atoms with Gasteiger partial charge in [0.2, 0.25) is 0 Å². The molecule has 0 fully saturated rings. The molecule has 0 aliphatic rings. The molecule has 1 unspecified atom stereocenters. The normalized spacial score (nSPS) is 13.0. The summed E-state index contributed by atoms with van der Waals surface area (Å²) in [6, 6.07) is 2.89. The maximum Gasteiger partial charge on any atom is 0.150 e. The summed E-state index contributed by atoms with van der Waals surface area (Å²) in [6.07, 6.45) is 1.54. The summed E-state index contributed by atoms with van der Waals surface area (Å²) in [7, 11) is 0. The third-order valence-corrected chi connectivity index (χ3v) is 3.57. The highest BCUT2D eigenvalue weighted by Gasteiger charge is 2.12. The number of nitrogens with zero attached hydrogens (tertiary/aromatic N) is 1. The monoisotopic (exact) mass is 317 g/mol. The Bertz CT molecular complexity index is 574. The van der Waals surface area contributed by atoms with Crippen molar-refractivity contribution in [3.63, 3.8) is 0 Å². The highest BCUT2D eigenvalue weighted by atomic mass is 79.9. The first kappa shape index (κ1) is 12.7. The van der Waals surface area contributed by atoms with Crippen LogP contribution >= 0.6 is 27.5 Å². The minimum atomic E-state index is -0.477. The van der Waals surface area contributed by atoms with E-state index >= 15 is 0 Å². The van der Waals surface area contributed by atoms with Gasteiger partial charge in [-0.3, -0.25) is 4.98 Å². The van der Waals surface area contributed by atoms with E-state index in [0.29, 0.717) is 16.8 Å². The van der Waals surface area contributed by atoms with Crippen LogP contribution in [0.4, 0.5) is 4.39 Å². The Morgan fingerprint density at radius 3 is 2.88 bits per heavy atom. The second-order valence-corrected chi connectivity index (χ2v) is 5.16. The molecule has 0 aliphatic carbocycles. The molecule has 90 valence electrons. The van der Waals surface area contributed by atoms with Gasteiger partial charge in [0.15, 0.2) is 5.82 Å². The first-order valence-electron chi connectivity index (χ1n) is 5.09. The molecule has 0 saturated carbocycles. The molecular formula is C12H10BrClFNO. The lowest BCUT2D eigenvalue weighted by atomic mass is 10.1. The van der Waals surface area contributed by atoms with Crippen LogP contribution in [0.3, 0.4) is 0 Å². The van der Waals surface area contributed by atoms with Gasteiger partial charge in [-0.15, -0.1) is 0 Å². The van der Waals surface area contributed by atoms with Gasteiger partial charge in [-0.25, -0.2) is 4.39 Å². The van der Waals surface area contributed by atoms with E-state index in [1.165, 1.54) is 6.07 Å². The van der Waals surface area contributed by atoms with Crippen molar-refractivity contribution < 1.29 is 9.50 Å². The molecule has 0 bridgehead atoms. The van der Waals surface area contributed by atoms with E-state index in [2.05, 4.69) is 20.9 Å². The maximum atomic E-state index is 13.6. The molecule has 2 aromatic rings. The van der Waals surface area contributed by atoms with Gasteiger partial charge in [0.1, 0.15) is 5.52 Å². The molecular weight excluding hydrogens is 308 g/mol. The summed E-state index contributed by atoms with van der Waals surface area (Å²) < 4.78 is 14.3. The van der Waals surface area contributed by atoms with E-state index in [9.17, 15) is 9.50 Å². The van der Waals surface area contributed by atoms with E-state index in [0.717, 1.165) is 10.0 Å². The van der Waals surface area contributed by atoms with Crippen molar-refractivity contribution in [2.75, 3.05) is 0 Å². The van der Waals surface area contributed by atoms with Crippen molar-refractivity contribution in [3.8, 4) is 0 Å². The van der Waals surface area contributed by atoms with Gasteiger partial charge in [-0.05, 0) is 40.5 Å². The minimum Gasteiger partial charge on any atom is -0.393 e. The van der Waals surface area contributed by atoms with Crippen molar-refractivity contribution in [3.05, 3.63) is 39.2 Å². The fourth-order valence-electron chi connectivity index (χ4n) is 1.70. The molecule has 17 heavy (non-hydrogen) atoms. The quantitative estimate of drug-likeness (QED) is 0.915. The fourth-order valence-corrected chi connectivity index (χ4v) is 2.47. The van der Waals surface area contributed by atoms with E-state index in [4.69, 9.17) is 11.6 Å². The molecule has 1 aromatic carbocycles. The van der Waals surface area contributed by atoms with Gasteiger partial charge in [-0.2, -0.15) is 0 Å². The van der Waals surface area contributed by atoms with Crippen molar-refractivity contribution >= 4 is 38.4 Å². The second-order valence-electron chi connectivity index (χ2n) is 3.93. The topological polar surface area (TPSA) is 33.1 Å². The van der Waals surface area contributed by atoms with Gasteiger partial charge >= 0.3 is 0 Å². The Labute approximate surface area is 112 Å². The third-order valence-electron chi connectivity index (χ3n) is 2.41. The number of aliphatic hydroxyl groups excluding tert-OH is 1. The van der Waals surface area contributed by atoms with Crippen LogP contribution in [-0.2, 0) is 6.42 Å². The zero-order valence-electron chi connectivity index (χ0n) is 9.04. The second kappa shape index (κ2) is 4.88. The summed E-state index contributed by atoms with van der Waals surface area (Å²) in [4.78, 5) is 4.06. The zero-order valence-corrected chi connectivity index (χ0v) is 11.4. The van der Waals surface area contributed by atoms with Crippen LogP contribution in [0.5, 0.6) is 0 Å². The summed E-state index contributed by atoms with van der Waals surface area (Å²) in [5.41, 5.74) is 1.10. The van der Waals surface area contributed by atoms with Crippen LogP contribution in [0.25, 0.3) is 10.9 Å². The number of halogens is 3. The lowest BCUT2D eigenvalue weighted by Crippen LogP contribution is -2.05. The highest BCUT2D eigenvalue weighted by Crippen LogP contribution is 2.30. The summed E-state index contributed by atoms with van der Waals surface area (Å²) >= 11 is 9.22. The number of hydrogen-bond donors (Lipinski definition) is 1. The van der Waals surface area contributed by atoms with Crippen molar-refractivity contribution in [2.24, 2.45) is 0 Å². The Morgan fingerprint density at radius 1 is 1.53 bits per heavy atom. The number of fused-ring (bicyclic) bond motifs is 1. The van der Waals surface area contributed by atoms with Crippen LogP contribution in [0.15, 0.2) is 22.8 Å². The average Bonchev–Trinajstić information content (AvgIpc) is 2.22. The Hall–Kier alpha value is -0.710. The predicted molar refractivity (Wildman–Crippen MR) is 69.8 cm³/mol. The molecule has 0 aliphatic heterocycles. The Balaban J connectivity index is 2.66. The van der Waals surface area contributed by atoms with Gasteiger partial charge in [0.05, 0.1) is 6.10 Å². The number of rotatable bonds is 2. The summed E-state index contributed by atoms with van der Waals surface area (Å²) in [5.74, 6) is -0.447. The van der Waals surface area contributed by atoms with Gasteiger partial charge < -0.3 is 5.11 Å². The molecule has 1 aromatic heterocycles. The standard InChI is InChI=1S/C12H10BrClFNO/c1-6(17)2-7-5-16-12-9(11(7)13)3-8(14)4-10(12)15/h3-6,17H,2H2,1H3. The first-order chi connectivity index (χ1) is 7.99. The van der Waals surface area contributed by atoms with E-state index in [1.807, 2.05) is 0 Å². The molecule has 0 spiro atoms. The molecule has 1 atom stereocenters. The van der Waals surface area contributed by atoms with Gasteiger partial charge in [0, 0.05) is 27.5 Å². The van der Waals surface area contributed by atoms with Crippen LogP contribution in [-0.4, -0.2) is 16.2 Å². The zero-order chi connectivity index (χ0) is 12.6. The van der Waals surface area contributed by atoms with Crippen molar-refractivity contribution in [2.45, 2.75) is 19.4 Å². The number of aliphatic hydroxyl groups is 1. The van der Waals surface area contributed by atoms with E-state index < -0.39 is 11.9 Å². The molecule has 0 amide bonds. The maximum absolute atomic E-state index is 13.6. The number of hydrogen-bond acceptors (Lipinski definition) is 2. The minimum absolute atomic E-state index is 0.274. The molecule has 0 radical (unpaired) electrons. The largest absolute Gasteiger partial charge is 0.393 e. The Morgan fingerprint density at radius 2 is 2.24 bits per heavy atom. The van der Waals surface area contributed by atoms with Crippen molar-refractivity contribution in [1.82, 2.24) is 4.98 Å². The van der Waals surface area contributed by atoms with Crippen LogP contribution < -0.4 is 0 Å². The number of aromatic nitrogens is 1.